The number of aromatic nitrogens is 1. The van der Waals surface area contributed by atoms with Gasteiger partial charge in [-0.2, -0.15) is 0 Å². The number of nitrogens with one attached hydrogen (secondary N) is 3. The number of carbonyl (C=O) groups excluding carboxylic acids is 2. The first-order valence-electron chi connectivity index (χ1n) is 8.62. The van der Waals surface area contributed by atoms with Crippen LogP contribution in [-0.4, -0.2) is 34.3 Å². The molecule has 1 aliphatic heterocycles. The number of thioether (sulfide) groups is 1. The maximum Gasteiger partial charge on any atom is 0.257 e. The zero-order valence-corrected chi connectivity index (χ0v) is 15.5. The van der Waals surface area contributed by atoms with E-state index in [2.05, 4.69) is 20.6 Å². The fourth-order valence-corrected chi connectivity index (χ4v) is 3.63. The van der Waals surface area contributed by atoms with Crippen molar-refractivity contribution in [3.63, 3.8) is 0 Å². The summed E-state index contributed by atoms with van der Waals surface area (Å²) < 4.78 is 0. The van der Waals surface area contributed by atoms with Crippen LogP contribution in [0.2, 0.25) is 0 Å². The Labute approximate surface area is 164 Å². The van der Waals surface area contributed by atoms with Crippen LogP contribution in [0.5, 0.6) is 0 Å². The number of para-hydroxylation sites is 1. The molecule has 0 saturated heterocycles. The highest BCUT2D eigenvalue weighted by Crippen LogP contribution is 2.18. The largest absolute Gasteiger partial charge is 0.322 e. The summed E-state index contributed by atoms with van der Waals surface area (Å²) in [6, 6.07) is 15.0. The van der Waals surface area contributed by atoms with E-state index >= 15 is 0 Å². The Morgan fingerprint density at radius 1 is 1.00 bits per heavy atom. The standard InChI is InChI=1S/C20H16N4O3S/c25-17-11-15(14-6-1-2-7-16(14)23-17)19(27)22-13-5-3-4-12(10-13)18(26)24-20-21-8-9-28-20/h1-7,10-11H,8-9H2,(H,22,27)(H,23,25)(H,21,24,26). The fraction of sp³-hybridized carbons (Fsp3) is 0.100. The van der Waals surface area contributed by atoms with Crippen LogP contribution in [0.3, 0.4) is 0 Å². The monoisotopic (exact) mass is 392 g/mol. The van der Waals surface area contributed by atoms with Crippen LogP contribution in [0.25, 0.3) is 10.9 Å². The van der Waals surface area contributed by atoms with E-state index in [0.29, 0.717) is 33.9 Å². The summed E-state index contributed by atoms with van der Waals surface area (Å²) in [6.45, 7) is 0.695. The van der Waals surface area contributed by atoms with Crippen LogP contribution in [0.15, 0.2) is 64.4 Å². The van der Waals surface area contributed by atoms with Crippen LogP contribution in [0.1, 0.15) is 20.7 Å². The summed E-state index contributed by atoms with van der Waals surface area (Å²) in [5.74, 6) is 0.150. The predicted molar refractivity (Wildman–Crippen MR) is 111 cm³/mol. The number of nitrogens with zero attached hydrogens (tertiary/aromatic N) is 1. The first-order valence-corrected chi connectivity index (χ1v) is 9.61. The van der Waals surface area contributed by atoms with E-state index in [9.17, 15) is 14.4 Å². The number of carbonyl (C=O) groups is 2. The van der Waals surface area contributed by atoms with Crippen LogP contribution < -0.4 is 16.2 Å². The molecule has 3 N–H and O–H groups in total. The molecule has 0 saturated carbocycles. The van der Waals surface area contributed by atoms with Crippen molar-refractivity contribution in [3.05, 3.63) is 76.1 Å². The second-order valence-corrected chi connectivity index (χ2v) is 7.20. The van der Waals surface area contributed by atoms with Crippen molar-refractivity contribution in [2.24, 2.45) is 4.99 Å². The first kappa shape index (κ1) is 18.0. The van der Waals surface area contributed by atoms with E-state index in [-0.39, 0.29) is 17.0 Å². The molecule has 0 unspecified atom stereocenters. The second-order valence-electron chi connectivity index (χ2n) is 6.12. The molecule has 7 nitrogen and oxygen atoms in total. The highest BCUT2D eigenvalue weighted by molar-refractivity contribution is 8.14. The van der Waals surface area contributed by atoms with Crippen molar-refractivity contribution in [2.75, 3.05) is 17.6 Å². The van der Waals surface area contributed by atoms with Gasteiger partial charge in [-0.15, -0.1) is 0 Å². The van der Waals surface area contributed by atoms with Gasteiger partial charge in [-0.05, 0) is 24.3 Å². The number of aromatic amines is 1. The normalized spacial score (nSPS) is 13.2. The van der Waals surface area contributed by atoms with Crippen LogP contribution >= 0.6 is 11.8 Å². The number of aliphatic imine (C=N–C) groups is 1. The Morgan fingerprint density at radius 2 is 1.86 bits per heavy atom. The van der Waals surface area contributed by atoms with E-state index in [1.807, 2.05) is 0 Å². The topological polar surface area (TPSA) is 103 Å². The molecule has 0 bridgehead atoms. The van der Waals surface area contributed by atoms with Gasteiger partial charge in [-0.1, -0.05) is 36.0 Å². The first-order chi connectivity index (χ1) is 13.6. The Morgan fingerprint density at radius 3 is 2.68 bits per heavy atom. The number of amidine groups is 1. The average molecular weight is 392 g/mol. The summed E-state index contributed by atoms with van der Waals surface area (Å²) >= 11 is 1.50. The number of benzene rings is 2. The van der Waals surface area contributed by atoms with E-state index in [0.717, 1.165) is 5.75 Å². The minimum atomic E-state index is -0.421. The smallest absolute Gasteiger partial charge is 0.257 e. The van der Waals surface area contributed by atoms with Gasteiger partial charge < -0.3 is 15.6 Å². The fourth-order valence-electron chi connectivity index (χ4n) is 2.91. The lowest BCUT2D eigenvalue weighted by Gasteiger charge is -2.09. The van der Waals surface area contributed by atoms with Gasteiger partial charge in [0.15, 0.2) is 5.17 Å². The Bertz CT molecular complexity index is 1170. The zero-order chi connectivity index (χ0) is 19.5. The van der Waals surface area contributed by atoms with Crippen molar-refractivity contribution in [1.82, 2.24) is 10.3 Å². The van der Waals surface area contributed by atoms with Gasteiger partial charge in [0.2, 0.25) is 5.56 Å². The Hall–Kier alpha value is -3.39. The molecule has 8 heteroatoms. The summed E-state index contributed by atoms with van der Waals surface area (Å²) in [4.78, 5) is 43.9. The van der Waals surface area contributed by atoms with E-state index in [1.165, 1.54) is 17.8 Å². The van der Waals surface area contributed by atoms with Gasteiger partial charge in [0.25, 0.3) is 11.8 Å². The van der Waals surface area contributed by atoms with E-state index in [1.54, 1.807) is 48.5 Å². The van der Waals surface area contributed by atoms with Gasteiger partial charge in [0, 0.05) is 34.0 Å². The second kappa shape index (κ2) is 7.69. The number of H-pyrrole nitrogens is 1. The average Bonchev–Trinajstić information content (AvgIpc) is 3.20. The molecule has 0 radical (unpaired) electrons. The van der Waals surface area contributed by atoms with Crippen LogP contribution in [0, 0.1) is 0 Å². The number of anilines is 1. The highest BCUT2D eigenvalue weighted by atomic mass is 32.2. The third-order valence-corrected chi connectivity index (χ3v) is 5.08. The predicted octanol–water partition coefficient (Wildman–Crippen LogP) is 2.61. The van der Waals surface area contributed by atoms with Crippen molar-refractivity contribution in [2.45, 2.75) is 0 Å². The van der Waals surface area contributed by atoms with Crippen LogP contribution in [0.4, 0.5) is 5.69 Å². The van der Waals surface area contributed by atoms with Gasteiger partial charge in [0.05, 0.1) is 12.1 Å². The van der Waals surface area contributed by atoms with Gasteiger partial charge in [-0.25, -0.2) is 0 Å². The summed E-state index contributed by atoms with van der Waals surface area (Å²) in [7, 11) is 0. The molecular formula is C20H16N4O3S. The minimum absolute atomic E-state index is 0.269. The van der Waals surface area contributed by atoms with Crippen molar-refractivity contribution in [1.29, 1.82) is 0 Å². The van der Waals surface area contributed by atoms with Gasteiger partial charge in [-0.3, -0.25) is 19.4 Å². The zero-order valence-electron chi connectivity index (χ0n) is 14.7. The lowest BCUT2D eigenvalue weighted by molar-refractivity contribution is 0.0975. The molecule has 2 aromatic carbocycles. The SMILES string of the molecule is O=C(NC1=NCCS1)c1cccc(NC(=O)c2cc(=O)[nH]c3ccccc23)c1. The molecule has 2 amide bonds. The number of pyridine rings is 1. The van der Waals surface area contributed by atoms with E-state index in [4.69, 9.17) is 0 Å². The molecule has 0 atom stereocenters. The summed E-state index contributed by atoms with van der Waals surface area (Å²) in [6.07, 6.45) is 0. The number of rotatable bonds is 3. The number of amides is 2. The maximum atomic E-state index is 12.8. The molecule has 140 valence electrons. The maximum absolute atomic E-state index is 12.8. The van der Waals surface area contributed by atoms with Crippen molar-refractivity contribution < 1.29 is 9.59 Å². The molecule has 1 aromatic heterocycles. The molecular weight excluding hydrogens is 376 g/mol. The molecule has 3 aromatic rings. The molecule has 1 aliphatic rings. The Kier molecular flexibility index (Phi) is 4.94. The minimum Gasteiger partial charge on any atom is -0.322 e. The van der Waals surface area contributed by atoms with Gasteiger partial charge >= 0.3 is 0 Å². The third-order valence-electron chi connectivity index (χ3n) is 4.18. The van der Waals surface area contributed by atoms with Crippen LogP contribution in [-0.2, 0) is 0 Å². The van der Waals surface area contributed by atoms with Gasteiger partial charge in [0.1, 0.15) is 0 Å². The number of hydrogen-bond donors (Lipinski definition) is 3. The quantitative estimate of drug-likeness (QED) is 0.637. The Balaban J connectivity index is 1.57. The molecule has 2 heterocycles. The van der Waals surface area contributed by atoms with Crippen molar-refractivity contribution in [3.8, 4) is 0 Å². The molecule has 0 fully saturated rings. The summed E-state index contributed by atoms with van der Waals surface area (Å²) in [5.41, 5.74) is 1.37. The molecule has 4 rings (SSSR count). The molecule has 28 heavy (non-hydrogen) atoms. The third kappa shape index (κ3) is 3.81. The molecule has 0 spiro atoms. The lowest BCUT2D eigenvalue weighted by atomic mass is 10.1. The molecule has 0 aliphatic carbocycles. The number of fused-ring (bicyclic) bond motifs is 1. The van der Waals surface area contributed by atoms with Crippen molar-refractivity contribution >= 4 is 45.3 Å². The highest BCUT2D eigenvalue weighted by Gasteiger charge is 2.15. The summed E-state index contributed by atoms with van der Waals surface area (Å²) in [5, 5.41) is 6.76. The van der Waals surface area contributed by atoms with E-state index < -0.39 is 5.91 Å². The lowest BCUT2D eigenvalue weighted by Crippen LogP contribution is -2.27. The number of hydrogen-bond acceptors (Lipinski definition) is 5.